The minimum atomic E-state index is 0.497. The van der Waals surface area contributed by atoms with Gasteiger partial charge in [0.2, 0.25) is 0 Å². The first-order valence-electron chi connectivity index (χ1n) is 6.99. The van der Waals surface area contributed by atoms with E-state index in [1.54, 1.807) is 0 Å². The zero-order valence-electron chi connectivity index (χ0n) is 12.4. The van der Waals surface area contributed by atoms with Crippen molar-refractivity contribution in [2.24, 2.45) is 0 Å². The molecule has 0 atom stereocenters. The zero-order chi connectivity index (χ0) is 13.5. The fourth-order valence-electron chi connectivity index (χ4n) is 2.05. The van der Waals surface area contributed by atoms with E-state index >= 15 is 0 Å². The molecule has 0 aliphatic heterocycles. The molecule has 3 nitrogen and oxygen atoms in total. The Balaban J connectivity index is 2.91. The van der Waals surface area contributed by atoms with Crippen LogP contribution in [0.2, 0.25) is 0 Å². The minimum absolute atomic E-state index is 0.497. The lowest BCUT2D eigenvalue weighted by molar-refractivity contribution is 0.583. The van der Waals surface area contributed by atoms with Crippen molar-refractivity contribution in [2.45, 2.75) is 59.7 Å². The van der Waals surface area contributed by atoms with Gasteiger partial charge in [-0.1, -0.05) is 20.8 Å². The first-order valence-corrected chi connectivity index (χ1v) is 6.99. The Morgan fingerprint density at radius 1 is 1.28 bits per heavy atom. The number of hydrogen-bond acceptors (Lipinski definition) is 3. The summed E-state index contributed by atoms with van der Waals surface area (Å²) in [5.41, 5.74) is 2.60. The predicted molar refractivity (Wildman–Crippen MR) is 79.0 cm³/mol. The van der Waals surface area contributed by atoms with Gasteiger partial charge in [-0.25, -0.2) is 0 Å². The minimum Gasteiger partial charge on any atom is -0.369 e. The second-order valence-electron chi connectivity index (χ2n) is 5.33. The maximum atomic E-state index is 4.26. The van der Waals surface area contributed by atoms with E-state index in [0.717, 1.165) is 19.5 Å². The van der Waals surface area contributed by atoms with Crippen molar-refractivity contribution < 1.29 is 0 Å². The summed E-state index contributed by atoms with van der Waals surface area (Å²) in [5, 5.41) is 3.47. The van der Waals surface area contributed by atoms with E-state index in [0.29, 0.717) is 12.1 Å². The smallest absolute Gasteiger partial charge is 0.0445 e. The molecule has 0 aliphatic rings. The first-order chi connectivity index (χ1) is 8.56. The van der Waals surface area contributed by atoms with Crippen molar-refractivity contribution in [1.82, 2.24) is 10.3 Å². The summed E-state index contributed by atoms with van der Waals surface area (Å²) in [7, 11) is 0. The van der Waals surface area contributed by atoms with Crippen molar-refractivity contribution in [3.63, 3.8) is 0 Å². The van der Waals surface area contributed by atoms with Gasteiger partial charge in [-0.2, -0.15) is 0 Å². The number of nitrogens with one attached hydrogen (secondary N) is 1. The Morgan fingerprint density at radius 3 is 2.56 bits per heavy atom. The van der Waals surface area contributed by atoms with Crippen LogP contribution in [0.3, 0.4) is 0 Å². The van der Waals surface area contributed by atoms with Gasteiger partial charge in [-0.3, -0.25) is 4.98 Å². The Bertz CT molecular complexity index is 347. The summed E-state index contributed by atoms with van der Waals surface area (Å²) >= 11 is 0. The third kappa shape index (κ3) is 4.30. The standard InChI is InChI=1S/C15H27N3/c1-6-9-18(13(4)5)15-7-8-16-10-14(15)11-17-12(2)3/h7-8,10,12-13,17H,6,9,11H2,1-5H3. The summed E-state index contributed by atoms with van der Waals surface area (Å²) in [6.45, 7) is 13.0. The van der Waals surface area contributed by atoms with E-state index in [1.807, 2.05) is 12.4 Å². The molecule has 0 fully saturated rings. The Labute approximate surface area is 112 Å². The van der Waals surface area contributed by atoms with E-state index in [9.17, 15) is 0 Å². The van der Waals surface area contributed by atoms with Crippen LogP contribution < -0.4 is 10.2 Å². The van der Waals surface area contributed by atoms with Crippen LogP contribution in [0.25, 0.3) is 0 Å². The third-order valence-corrected chi connectivity index (χ3v) is 2.98. The van der Waals surface area contributed by atoms with E-state index in [4.69, 9.17) is 0 Å². The molecule has 0 unspecified atom stereocenters. The summed E-state index contributed by atoms with van der Waals surface area (Å²) in [6, 6.07) is 3.15. The fourth-order valence-corrected chi connectivity index (χ4v) is 2.05. The van der Waals surface area contributed by atoms with E-state index < -0.39 is 0 Å². The van der Waals surface area contributed by atoms with Crippen LogP contribution in [0.5, 0.6) is 0 Å². The molecular formula is C15H27N3. The first kappa shape index (κ1) is 15.0. The second-order valence-corrected chi connectivity index (χ2v) is 5.33. The lowest BCUT2D eigenvalue weighted by Gasteiger charge is -2.30. The van der Waals surface area contributed by atoms with Gasteiger partial charge in [-0.15, -0.1) is 0 Å². The average Bonchev–Trinajstić information content (AvgIpc) is 2.33. The Kier molecular flexibility index (Phi) is 6.13. The lowest BCUT2D eigenvalue weighted by Crippen LogP contribution is -2.33. The van der Waals surface area contributed by atoms with Crippen LogP contribution in [-0.4, -0.2) is 23.6 Å². The molecule has 0 saturated carbocycles. The monoisotopic (exact) mass is 249 g/mol. The van der Waals surface area contributed by atoms with E-state index in [-0.39, 0.29) is 0 Å². The van der Waals surface area contributed by atoms with Gasteiger partial charge in [0.15, 0.2) is 0 Å². The van der Waals surface area contributed by atoms with Crippen LogP contribution in [0.15, 0.2) is 18.5 Å². The third-order valence-electron chi connectivity index (χ3n) is 2.98. The van der Waals surface area contributed by atoms with E-state index in [2.05, 4.69) is 55.9 Å². The molecule has 3 heteroatoms. The second kappa shape index (κ2) is 7.37. The number of rotatable bonds is 7. The highest BCUT2D eigenvalue weighted by atomic mass is 15.2. The Morgan fingerprint density at radius 2 is 2.00 bits per heavy atom. The van der Waals surface area contributed by atoms with Gasteiger partial charge in [0, 0.05) is 48.8 Å². The number of pyridine rings is 1. The van der Waals surface area contributed by atoms with E-state index in [1.165, 1.54) is 11.3 Å². The van der Waals surface area contributed by atoms with Gasteiger partial charge < -0.3 is 10.2 Å². The van der Waals surface area contributed by atoms with Crippen LogP contribution >= 0.6 is 0 Å². The Hall–Kier alpha value is -1.09. The number of nitrogens with zero attached hydrogens (tertiary/aromatic N) is 2. The summed E-state index contributed by atoms with van der Waals surface area (Å²) in [5.74, 6) is 0. The van der Waals surface area contributed by atoms with Gasteiger partial charge >= 0.3 is 0 Å². The number of hydrogen-bond donors (Lipinski definition) is 1. The number of aromatic nitrogens is 1. The molecule has 1 heterocycles. The molecule has 0 bridgehead atoms. The zero-order valence-corrected chi connectivity index (χ0v) is 12.4. The largest absolute Gasteiger partial charge is 0.369 e. The molecule has 1 N–H and O–H groups in total. The highest BCUT2D eigenvalue weighted by molar-refractivity contribution is 5.52. The van der Waals surface area contributed by atoms with Crippen LogP contribution in [-0.2, 0) is 6.54 Å². The highest BCUT2D eigenvalue weighted by Crippen LogP contribution is 2.22. The predicted octanol–water partition coefficient (Wildman–Crippen LogP) is 3.20. The van der Waals surface area contributed by atoms with Crippen LogP contribution in [0, 0.1) is 0 Å². The molecule has 1 aromatic heterocycles. The molecular weight excluding hydrogens is 222 g/mol. The van der Waals surface area contributed by atoms with Crippen molar-refractivity contribution in [2.75, 3.05) is 11.4 Å². The number of anilines is 1. The molecule has 18 heavy (non-hydrogen) atoms. The lowest BCUT2D eigenvalue weighted by atomic mass is 10.1. The molecule has 0 spiro atoms. The fraction of sp³-hybridized carbons (Fsp3) is 0.667. The van der Waals surface area contributed by atoms with Crippen molar-refractivity contribution in [3.05, 3.63) is 24.0 Å². The van der Waals surface area contributed by atoms with Gasteiger partial charge in [-0.05, 0) is 26.3 Å². The molecule has 102 valence electrons. The van der Waals surface area contributed by atoms with Crippen LogP contribution in [0.1, 0.15) is 46.6 Å². The molecule has 0 aromatic carbocycles. The summed E-state index contributed by atoms with van der Waals surface area (Å²) in [6.07, 6.45) is 5.03. The maximum absolute atomic E-state index is 4.26. The van der Waals surface area contributed by atoms with Crippen LogP contribution in [0.4, 0.5) is 5.69 Å². The van der Waals surface area contributed by atoms with Crippen molar-refractivity contribution in [3.8, 4) is 0 Å². The molecule has 0 aliphatic carbocycles. The summed E-state index contributed by atoms with van der Waals surface area (Å²) in [4.78, 5) is 6.72. The molecule has 1 aromatic rings. The topological polar surface area (TPSA) is 28.2 Å². The molecule has 0 saturated heterocycles. The molecule has 0 amide bonds. The molecule has 0 radical (unpaired) electrons. The maximum Gasteiger partial charge on any atom is 0.0445 e. The van der Waals surface area contributed by atoms with Crippen molar-refractivity contribution >= 4 is 5.69 Å². The van der Waals surface area contributed by atoms with Gasteiger partial charge in [0.25, 0.3) is 0 Å². The molecule has 1 rings (SSSR count). The highest BCUT2D eigenvalue weighted by Gasteiger charge is 2.13. The van der Waals surface area contributed by atoms with Crippen molar-refractivity contribution in [1.29, 1.82) is 0 Å². The summed E-state index contributed by atoms with van der Waals surface area (Å²) < 4.78 is 0. The SMILES string of the molecule is CCCN(c1ccncc1CNC(C)C)C(C)C. The normalized spacial score (nSPS) is 11.3. The average molecular weight is 249 g/mol. The van der Waals surface area contributed by atoms with Gasteiger partial charge in [0.05, 0.1) is 0 Å². The van der Waals surface area contributed by atoms with Gasteiger partial charge in [0.1, 0.15) is 0 Å². The quantitative estimate of drug-likeness (QED) is 0.804.